The molecule has 0 fully saturated rings. The second kappa shape index (κ2) is 7.11. The van der Waals surface area contributed by atoms with Crippen LogP contribution in [0, 0.1) is 0 Å². The standard InChI is InChI=1S/C9H22N.BrH/c1-5-6-7-8-9-10(2,3)4;/h5-9H2,1-4H3;1H/q+1;. The maximum absolute atomic E-state index is 2.26. The molecule has 0 saturated heterocycles. The van der Waals surface area contributed by atoms with Crippen molar-refractivity contribution in [1.29, 1.82) is 0 Å². The maximum Gasteiger partial charge on any atom is 0.0780 e. The van der Waals surface area contributed by atoms with Gasteiger partial charge in [-0.1, -0.05) is 19.8 Å². The third-order valence-corrected chi connectivity index (χ3v) is 1.68. The highest BCUT2D eigenvalue weighted by Crippen LogP contribution is 2.01. The van der Waals surface area contributed by atoms with E-state index in [1.54, 1.807) is 0 Å². The summed E-state index contributed by atoms with van der Waals surface area (Å²) in [5.41, 5.74) is 0. The fourth-order valence-corrected chi connectivity index (χ4v) is 1.01. The smallest absolute Gasteiger partial charge is 0.0780 e. The number of hydrogen-bond acceptors (Lipinski definition) is 0. The normalized spacial score (nSPS) is 10.9. The molecule has 0 amide bonds. The Balaban J connectivity index is 0. The van der Waals surface area contributed by atoms with Gasteiger partial charge in [-0.15, -0.1) is 17.0 Å². The zero-order chi connectivity index (χ0) is 8.04. The molecular weight excluding hydrogens is 202 g/mol. The van der Waals surface area contributed by atoms with Crippen LogP contribution in [0.25, 0.3) is 0 Å². The molecule has 0 radical (unpaired) electrons. The van der Waals surface area contributed by atoms with E-state index in [2.05, 4.69) is 28.1 Å². The zero-order valence-electron chi connectivity index (χ0n) is 8.39. The van der Waals surface area contributed by atoms with Crippen molar-refractivity contribution < 1.29 is 4.48 Å². The highest BCUT2D eigenvalue weighted by atomic mass is 79.9. The van der Waals surface area contributed by atoms with Gasteiger partial charge in [0, 0.05) is 0 Å². The Morgan fingerprint density at radius 1 is 0.909 bits per heavy atom. The van der Waals surface area contributed by atoms with Crippen LogP contribution in [0.4, 0.5) is 0 Å². The lowest BCUT2D eigenvalue weighted by Gasteiger charge is -2.23. The first-order valence-corrected chi connectivity index (χ1v) is 4.36. The minimum Gasteiger partial charge on any atom is -0.331 e. The van der Waals surface area contributed by atoms with Crippen LogP contribution >= 0.6 is 17.0 Å². The molecule has 0 aromatic rings. The van der Waals surface area contributed by atoms with Crippen molar-refractivity contribution in [3.8, 4) is 0 Å². The van der Waals surface area contributed by atoms with Crippen molar-refractivity contribution >= 4 is 17.0 Å². The monoisotopic (exact) mass is 224 g/mol. The summed E-state index contributed by atoms with van der Waals surface area (Å²) < 4.78 is 1.11. The largest absolute Gasteiger partial charge is 0.331 e. The summed E-state index contributed by atoms with van der Waals surface area (Å²) in [6.45, 7) is 3.58. The fourth-order valence-electron chi connectivity index (χ4n) is 1.01. The number of nitrogens with zero attached hydrogens (tertiary/aromatic N) is 1. The summed E-state index contributed by atoms with van der Waals surface area (Å²) in [5, 5.41) is 0. The number of quaternary nitrogens is 1. The maximum atomic E-state index is 2.26. The average molecular weight is 225 g/mol. The van der Waals surface area contributed by atoms with Gasteiger partial charge < -0.3 is 4.48 Å². The Morgan fingerprint density at radius 3 is 1.82 bits per heavy atom. The lowest BCUT2D eigenvalue weighted by Crippen LogP contribution is -2.35. The van der Waals surface area contributed by atoms with Gasteiger partial charge in [-0.05, 0) is 12.8 Å². The van der Waals surface area contributed by atoms with Gasteiger partial charge in [-0.3, -0.25) is 0 Å². The number of unbranched alkanes of at least 4 members (excludes halogenated alkanes) is 3. The summed E-state index contributed by atoms with van der Waals surface area (Å²) in [6, 6.07) is 0. The van der Waals surface area contributed by atoms with Crippen molar-refractivity contribution in [3.05, 3.63) is 0 Å². The molecule has 0 spiro atoms. The van der Waals surface area contributed by atoms with E-state index in [9.17, 15) is 0 Å². The van der Waals surface area contributed by atoms with Crippen LogP contribution in [0.5, 0.6) is 0 Å². The van der Waals surface area contributed by atoms with Crippen LogP contribution in [-0.2, 0) is 0 Å². The van der Waals surface area contributed by atoms with E-state index in [-0.39, 0.29) is 17.0 Å². The first-order chi connectivity index (χ1) is 4.56. The van der Waals surface area contributed by atoms with E-state index in [1.165, 1.54) is 32.2 Å². The molecule has 0 rings (SSSR count). The van der Waals surface area contributed by atoms with Crippen molar-refractivity contribution in [3.63, 3.8) is 0 Å². The molecule has 0 heterocycles. The van der Waals surface area contributed by atoms with Gasteiger partial charge in [0.1, 0.15) is 0 Å². The Labute approximate surface area is 82.1 Å². The molecule has 0 aliphatic rings. The van der Waals surface area contributed by atoms with Crippen molar-refractivity contribution in [1.82, 2.24) is 0 Å². The molecule has 0 N–H and O–H groups in total. The molecule has 1 nitrogen and oxygen atoms in total. The molecule has 2 heteroatoms. The summed E-state index contributed by atoms with van der Waals surface area (Å²) in [4.78, 5) is 0. The average Bonchev–Trinajstić information content (AvgIpc) is 1.78. The Kier molecular flexibility index (Phi) is 9.04. The molecule has 11 heavy (non-hydrogen) atoms. The molecule has 0 bridgehead atoms. The van der Waals surface area contributed by atoms with E-state index < -0.39 is 0 Å². The second-order valence-electron chi connectivity index (χ2n) is 4.07. The van der Waals surface area contributed by atoms with Gasteiger partial charge >= 0.3 is 0 Å². The van der Waals surface area contributed by atoms with E-state index >= 15 is 0 Å². The van der Waals surface area contributed by atoms with Gasteiger partial charge in [0.05, 0.1) is 27.7 Å². The molecular formula is C9H23BrN+. The number of hydrogen-bond donors (Lipinski definition) is 0. The fraction of sp³-hybridized carbons (Fsp3) is 1.00. The second-order valence-corrected chi connectivity index (χ2v) is 4.07. The Bertz CT molecular complexity index is 76.1. The lowest BCUT2D eigenvalue weighted by atomic mass is 10.2. The van der Waals surface area contributed by atoms with Crippen LogP contribution in [-0.4, -0.2) is 32.2 Å². The minimum absolute atomic E-state index is 0. The van der Waals surface area contributed by atoms with Crippen LogP contribution in [0.2, 0.25) is 0 Å². The SMILES string of the molecule is Br.CCCCCC[N+](C)(C)C. The van der Waals surface area contributed by atoms with Gasteiger partial charge in [-0.2, -0.15) is 0 Å². The minimum atomic E-state index is 0. The highest BCUT2D eigenvalue weighted by Gasteiger charge is 2.04. The topological polar surface area (TPSA) is 0 Å². The lowest BCUT2D eigenvalue weighted by molar-refractivity contribution is -0.870. The molecule has 0 aromatic carbocycles. The van der Waals surface area contributed by atoms with Crippen LogP contribution in [0.15, 0.2) is 0 Å². The summed E-state index contributed by atoms with van der Waals surface area (Å²) >= 11 is 0. The van der Waals surface area contributed by atoms with E-state index in [0.29, 0.717) is 0 Å². The van der Waals surface area contributed by atoms with E-state index in [4.69, 9.17) is 0 Å². The third-order valence-electron chi connectivity index (χ3n) is 1.68. The summed E-state index contributed by atoms with van der Waals surface area (Å²) in [6.07, 6.45) is 5.54. The highest BCUT2D eigenvalue weighted by molar-refractivity contribution is 8.93. The first kappa shape index (κ1) is 14.0. The number of halogens is 1. The van der Waals surface area contributed by atoms with Crippen LogP contribution in [0.1, 0.15) is 32.6 Å². The van der Waals surface area contributed by atoms with E-state index in [0.717, 1.165) is 4.48 Å². The predicted molar refractivity (Wildman–Crippen MR) is 57.4 cm³/mol. The summed E-state index contributed by atoms with van der Waals surface area (Å²) in [7, 11) is 6.77. The molecule has 0 aliphatic carbocycles. The zero-order valence-corrected chi connectivity index (χ0v) is 10.1. The van der Waals surface area contributed by atoms with Crippen LogP contribution in [0.3, 0.4) is 0 Å². The molecule has 0 unspecified atom stereocenters. The van der Waals surface area contributed by atoms with Gasteiger partial charge in [0.2, 0.25) is 0 Å². The summed E-state index contributed by atoms with van der Waals surface area (Å²) in [5.74, 6) is 0. The third kappa shape index (κ3) is 13.4. The van der Waals surface area contributed by atoms with Crippen molar-refractivity contribution in [2.24, 2.45) is 0 Å². The Morgan fingerprint density at radius 2 is 1.45 bits per heavy atom. The molecule has 0 atom stereocenters. The van der Waals surface area contributed by atoms with Crippen molar-refractivity contribution in [2.45, 2.75) is 32.6 Å². The van der Waals surface area contributed by atoms with Gasteiger partial charge in [0.25, 0.3) is 0 Å². The van der Waals surface area contributed by atoms with Gasteiger partial charge in [-0.25, -0.2) is 0 Å². The molecule has 0 aromatic heterocycles. The quantitative estimate of drug-likeness (QED) is 0.498. The molecule has 0 aliphatic heterocycles. The van der Waals surface area contributed by atoms with Crippen LogP contribution < -0.4 is 0 Å². The number of rotatable bonds is 5. The Hall–Kier alpha value is 0.440. The molecule has 0 saturated carbocycles. The van der Waals surface area contributed by atoms with E-state index in [1.807, 2.05) is 0 Å². The predicted octanol–water partition coefficient (Wildman–Crippen LogP) is 2.85. The van der Waals surface area contributed by atoms with Crippen molar-refractivity contribution in [2.75, 3.05) is 27.7 Å². The van der Waals surface area contributed by atoms with Gasteiger partial charge in [0.15, 0.2) is 0 Å². The molecule has 70 valence electrons. The first-order valence-electron chi connectivity index (χ1n) is 4.36.